The van der Waals surface area contributed by atoms with Gasteiger partial charge in [0.05, 0.1) is 0 Å². The average molecular weight is 332 g/mol. The lowest BCUT2D eigenvalue weighted by Gasteiger charge is -2.39. The second-order valence-corrected chi connectivity index (χ2v) is 6.30. The standard InChI is InChI=1S/C17H18BrNO/c18-15-5-1-13(2-6-15)17(9-11-19-12-10-17)14-3-7-16(20)8-4-14/h1-8,19-20H,9-12H2. The monoisotopic (exact) mass is 331 g/mol. The van der Waals surface area contributed by atoms with Crippen LogP contribution in [0.3, 0.4) is 0 Å². The van der Waals surface area contributed by atoms with Gasteiger partial charge < -0.3 is 10.4 Å². The summed E-state index contributed by atoms with van der Waals surface area (Å²) in [5, 5.41) is 13.0. The highest BCUT2D eigenvalue weighted by Crippen LogP contribution is 2.40. The van der Waals surface area contributed by atoms with E-state index in [1.807, 2.05) is 0 Å². The molecule has 0 unspecified atom stereocenters. The van der Waals surface area contributed by atoms with Crippen LogP contribution >= 0.6 is 15.9 Å². The summed E-state index contributed by atoms with van der Waals surface area (Å²) < 4.78 is 1.11. The molecule has 0 amide bonds. The van der Waals surface area contributed by atoms with E-state index in [4.69, 9.17) is 0 Å². The number of aromatic hydroxyl groups is 1. The Hall–Kier alpha value is -1.32. The van der Waals surface area contributed by atoms with Gasteiger partial charge in [0.15, 0.2) is 0 Å². The third-order valence-electron chi connectivity index (χ3n) is 4.27. The van der Waals surface area contributed by atoms with Crippen LogP contribution in [0.4, 0.5) is 0 Å². The zero-order valence-corrected chi connectivity index (χ0v) is 12.9. The van der Waals surface area contributed by atoms with Crippen LogP contribution in [-0.2, 0) is 5.41 Å². The maximum Gasteiger partial charge on any atom is 0.115 e. The van der Waals surface area contributed by atoms with Crippen molar-refractivity contribution in [1.29, 1.82) is 0 Å². The third-order valence-corrected chi connectivity index (χ3v) is 4.80. The highest BCUT2D eigenvalue weighted by atomic mass is 79.9. The SMILES string of the molecule is Oc1ccc(C2(c3ccc(Br)cc3)CCNCC2)cc1. The minimum atomic E-state index is 0.0552. The molecule has 0 bridgehead atoms. The van der Waals surface area contributed by atoms with E-state index < -0.39 is 0 Å². The zero-order valence-electron chi connectivity index (χ0n) is 11.3. The number of halogens is 1. The number of hydrogen-bond donors (Lipinski definition) is 2. The molecule has 3 heteroatoms. The predicted molar refractivity (Wildman–Crippen MR) is 85.1 cm³/mol. The molecule has 20 heavy (non-hydrogen) atoms. The van der Waals surface area contributed by atoms with Crippen molar-refractivity contribution in [3.63, 3.8) is 0 Å². The summed E-state index contributed by atoms with van der Waals surface area (Å²) in [6.07, 6.45) is 2.17. The summed E-state index contributed by atoms with van der Waals surface area (Å²) in [7, 11) is 0. The van der Waals surface area contributed by atoms with Crippen LogP contribution in [0.2, 0.25) is 0 Å². The van der Waals surface area contributed by atoms with Crippen molar-refractivity contribution >= 4 is 15.9 Å². The molecular formula is C17H18BrNO. The fraction of sp³-hybridized carbons (Fsp3) is 0.294. The number of phenolic OH excluding ortho intramolecular Hbond substituents is 1. The summed E-state index contributed by atoms with van der Waals surface area (Å²) in [5.74, 6) is 0.327. The number of rotatable bonds is 2. The van der Waals surface area contributed by atoms with Crippen LogP contribution in [0, 0.1) is 0 Å². The van der Waals surface area contributed by atoms with Crippen molar-refractivity contribution in [3.05, 3.63) is 64.1 Å². The van der Waals surface area contributed by atoms with E-state index in [-0.39, 0.29) is 5.41 Å². The Balaban J connectivity index is 2.08. The van der Waals surface area contributed by atoms with Crippen LogP contribution in [0.5, 0.6) is 5.75 Å². The number of piperidine rings is 1. The Morgan fingerprint density at radius 1 is 0.850 bits per heavy atom. The van der Waals surface area contributed by atoms with Crippen molar-refractivity contribution in [3.8, 4) is 5.75 Å². The van der Waals surface area contributed by atoms with Crippen molar-refractivity contribution in [2.24, 2.45) is 0 Å². The van der Waals surface area contributed by atoms with E-state index in [1.54, 1.807) is 12.1 Å². The normalized spacial score (nSPS) is 17.9. The minimum Gasteiger partial charge on any atom is -0.508 e. The Labute approximate surface area is 128 Å². The Bertz CT molecular complexity index is 523. The van der Waals surface area contributed by atoms with E-state index >= 15 is 0 Å². The lowest BCUT2D eigenvalue weighted by Crippen LogP contribution is -2.40. The van der Waals surface area contributed by atoms with Gasteiger partial charge in [-0.3, -0.25) is 0 Å². The Kier molecular flexibility index (Phi) is 3.81. The molecule has 0 spiro atoms. The van der Waals surface area contributed by atoms with Gasteiger partial charge in [-0.1, -0.05) is 40.2 Å². The molecule has 1 aliphatic rings. The molecule has 0 aliphatic carbocycles. The highest BCUT2D eigenvalue weighted by molar-refractivity contribution is 9.10. The lowest BCUT2D eigenvalue weighted by atomic mass is 9.68. The van der Waals surface area contributed by atoms with Crippen LogP contribution < -0.4 is 5.32 Å². The predicted octanol–water partition coefficient (Wildman–Crippen LogP) is 3.82. The molecule has 1 heterocycles. The number of nitrogens with one attached hydrogen (secondary N) is 1. The van der Waals surface area contributed by atoms with Gasteiger partial charge in [-0.15, -0.1) is 0 Å². The fourth-order valence-corrected chi connectivity index (χ4v) is 3.41. The molecule has 2 nitrogen and oxygen atoms in total. The van der Waals surface area contributed by atoms with Gasteiger partial charge in [0.25, 0.3) is 0 Å². The number of benzene rings is 2. The molecule has 0 radical (unpaired) electrons. The van der Waals surface area contributed by atoms with Gasteiger partial charge in [-0.05, 0) is 61.3 Å². The van der Waals surface area contributed by atoms with Crippen molar-refractivity contribution in [1.82, 2.24) is 5.32 Å². The van der Waals surface area contributed by atoms with Crippen molar-refractivity contribution < 1.29 is 5.11 Å². The lowest BCUT2D eigenvalue weighted by molar-refractivity contribution is 0.361. The van der Waals surface area contributed by atoms with E-state index in [0.29, 0.717) is 5.75 Å². The maximum atomic E-state index is 9.53. The quantitative estimate of drug-likeness (QED) is 0.876. The van der Waals surface area contributed by atoms with Crippen LogP contribution in [0.15, 0.2) is 53.0 Å². The first kappa shape index (κ1) is 13.7. The van der Waals surface area contributed by atoms with Crippen LogP contribution in [0.25, 0.3) is 0 Å². The first-order valence-electron chi connectivity index (χ1n) is 6.97. The maximum absolute atomic E-state index is 9.53. The average Bonchev–Trinajstić information content (AvgIpc) is 2.49. The molecule has 2 aromatic carbocycles. The van der Waals surface area contributed by atoms with E-state index in [1.165, 1.54) is 11.1 Å². The largest absolute Gasteiger partial charge is 0.508 e. The molecule has 0 saturated carbocycles. The Morgan fingerprint density at radius 3 is 1.90 bits per heavy atom. The van der Waals surface area contributed by atoms with E-state index in [0.717, 1.165) is 30.4 Å². The molecule has 1 aliphatic heterocycles. The van der Waals surface area contributed by atoms with Crippen molar-refractivity contribution in [2.75, 3.05) is 13.1 Å². The highest BCUT2D eigenvalue weighted by Gasteiger charge is 2.35. The first-order valence-corrected chi connectivity index (χ1v) is 7.76. The summed E-state index contributed by atoms with van der Waals surface area (Å²) >= 11 is 3.51. The molecular weight excluding hydrogens is 314 g/mol. The van der Waals surface area contributed by atoms with Gasteiger partial charge in [0.2, 0.25) is 0 Å². The first-order chi connectivity index (χ1) is 9.71. The molecule has 0 atom stereocenters. The summed E-state index contributed by atoms with van der Waals surface area (Å²) in [5.41, 5.74) is 2.70. The van der Waals surface area contributed by atoms with Crippen LogP contribution in [0.1, 0.15) is 24.0 Å². The molecule has 1 fully saturated rings. The second kappa shape index (κ2) is 5.58. The van der Waals surface area contributed by atoms with Gasteiger partial charge in [-0.25, -0.2) is 0 Å². The summed E-state index contributed by atoms with van der Waals surface area (Å²) in [6, 6.07) is 16.3. The van der Waals surface area contributed by atoms with Gasteiger partial charge in [0, 0.05) is 9.89 Å². The van der Waals surface area contributed by atoms with Crippen molar-refractivity contribution in [2.45, 2.75) is 18.3 Å². The molecule has 2 aromatic rings. The third kappa shape index (κ3) is 2.48. The van der Waals surface area contributed by atoms with Gasteiger partial charge in [0.1, 0.15) is 5.75 Å². The topological polar surface area (TPSA) is 32.3 Å². The van der Waals surface area contributed by atoms with E-state index in [2.05, 4.69) is 57.6 Å². The Morgan fingerprint density at radius 2 is 1.35 bits per heavy atom. The number of hydrogen-bond acceptors (Lipinski definition) is 2. The smallest absolute Gasteiger partial charge is 0.115 e. The van der Waals surface area contributed by atoms with Gasteiger partial charge in [-0.2, -0.15) is 0 Å². The van der Waals surface area contributed by atoms with E-state index in [9.17, 15) is 5.11 Å². The molecule has 1 saturated heterocycles. The molecule has 3 rings (SSSR count). The summed E-state index contributed by atoms with van der Waals surface area (Å²) in [4.78, 5) is 0. The second-order valence-electron chi connectivity index (χ2n) is 5.39. The summed E-state index contributed by atoms with van der Waals surface area (Å²) in [6.45, 7) is 2.05. The molecule has 104 valence electrons. The molecule has 2 N–H and O–H groups in total. The zero-order chi connectivity index (χ0) is 14.0. The minimum absolute atomic E-state index is 0.0552. The van der Waals surface area contributed by atoms with Crippen LogP contribution in [-0.4, -0.2) is 18.2 Å². The molecule has 0 aromatic heterocycles. The number of phenols is 1. The van der Waals surface area contributed by atoms with Gasteiger partial charge >= 0.3 is 0 Å². The fourth-order valence-electron chi connectivity index (χ4n) is 3.15.